The van der Waals surface area contributed by atoms with Crippen LogP contribution in [0, 0.1) is 0 Å². The monoisotopic (exact) mass is 329 g/mol. The minimum Gasteiger partial charge on any atom is -0.497 e. The molecule has 3 rings (SSSR count). The number of hydrogen-bond acceptors (Lipinski definition) is 3. The van der Waals surface area contributed by atoms with Gasteiger partial charge in [-0.1, -0.05) is 41.9 Å². The highest BCUT2D eigenvalue weighted by Gasteiger charge is 2.15. The molecule has 23 heavy (non-hydrogen) atoms. The lowest BCUT2D eigenvalue weighted by Crippen LogP contribution is -2.08. The first-order chi connectivity index (χ1) is 11.2. The first kappa shape index (κ1) is 15.4. The molecule has 118 valence electrons. The van der Waals surface area contributed by atoms with Crippen molar-refractivity contribution in [2.45, 2.75) is 13.0 Å². The van der Waals surface area contributed by atoms with Crippen molar-refractivity contribution in [2.24, 2.45) is 0 Å². The van der Waals surface area contributed by atoms with E-state index >= 15 is 0 Å². The summed E-state index contributed by atoms with van der Waals surface area (Å²) in [5.41, 5.74) is 2.54. The lowest BCUT2D eigenvalue weighted by molar-refractivity contribution is -0.144. The van der Waals surface area contributed by atoms with Crippen LogP contribution >= 0.6 is 11.6 Å². The van der Waals surface area contributed by atoms with Crippen molar-refractivity contribution >= 4 is 28.5 Å². The minimum absolute atomic E-state index is 0.110. The second-order valence-corrected chi connectivity index (χ2v) is 5.53. The van der Waals surface area contributed by atoms with Crippen molar-refractivity contribution in [1.29, 1.82) is 0 Å². The summed E-state index contributed by atoms with van der Waals surface area (Å²) >= 11 is 6.22. The predicted molar refractivity (Wildman–Crippen MR) is 89.8 cm³/mol. The Bertz CT molecular complexity index is 827. The van der Waals surface area contributed by atoms with Crippen LogP contribution in [0.4, 0.5) is 0 Å². The van der Waals surface area contributed by atoms with Gasteiger partial charge in [0.2, 0.25) is 0 Å². The number of aromatic amines is 1. The maximum Gasteiger partial charge on any atom is 0.310 e. The zero-order valence-electron chi connectivity index (χ0n) is 12.6. The molecule has 0 spiro atoms. The van der Waals surface area contributed by atoms with E-state index in [4.69, 9.17) is 21.1 Å². The first-order valence-corrected chi connectivity index (χ1v) is 7.59. The molecule has 0 aliphatic heterocycles. The molecule has 0 unspecified atom stereocenters. The number of benzene rings is 2. The standard InChI is InChI=1S/C18H16ClNO3/c1-22-13-7-8-16-14(9-13)15(18(19)20-16)10-17(21)23-11-12-5-3-2-4-6-12/h2-9,20H,10-11H2,1H3. The number of hydrogen-bond donors (Lipinski definition) is 1. The Morgan fingerprint density at radius 2 is 1.96 bits per heavy atom. The molecule has 0 radical (unpaired) electrons. The van der Waals surface area contributed by atoms with E-state index in [2.05, 4.69) is 4.98 Å². The second kappa shape index (κ2) is 6.75. The molecule has 2 aromatic carbocycles. The third-order valence-electron chi connectivity index (χ3n) is 3.62. The normalized spacial score (nSPS) is 10.7. The van der Waals surface area contributed by atoms with Gasteiger partial charge >= 0.3 is 5.97 Å². The molecule has 4 nitrogen and oxygen atoms in total. The number of ether oxygens (including phenoxy) is 2. The highest BCUT2D eigenvalue weighted by molar-refractivity contribution is 6.32. The van der Waals surface area contributed by atoms with Crippen LogP contribution in [0.5, 0.6) is 5.75 Å². The Morgan fingerprint density at radius 1 is 1.17 bits per heavy atom. The molecule has 3 aromatic rings. The van der Waals surface area contributed by atoms with Gasteiger partial charge in [0.15, 0.2) is 0 Å². The van der Waals surface area contributed by atoms with Crippen molar-refractivity contribution in [3.05, 3.63) is 64.8 Å². The van der Waals surface area contributed by atoms with E-state index in [9.17, 15) is 4.79 Å². The van der Waals surface area contributed by atoms with Crippen LogP contribution in [0.25, 0.3) is 10.9 Å². The number of halogens is 1. The highest BCUT2D eigenvalue weighted by atomic mass is 35.5. The number of methoxy groups -OCH3 is 1. The molecular formula is C18H16ClNO3. The highest BCUT2D eigenvalue weighted by Crippen LogP contribution is 2.29. The van der Waals surface area contributed by atoms with Crippen LogP contribution in [0.1, 0.15) is 11.1 Å². The van der Waals surface area contributed by atoms with Gasteiger partial charge in [0.25, 0.3) is 0 Å². The SMILES string of the molecule is COc1ccc2[nH]c(Cl)c(CC(=O)OCc3ccccc3)c2c1. The third kappa shape index (κ3) is 3.48. The van der Waals surface area contributed by atoms with Gasteiger partial charge in [0.05, 0.1) is 13.5 Å². The average Bonchev–Trinajstić information content (AvgIpc) is 2.89. The first-order valence-electron chi connectivity index (χ1n) is 7.21. The van der Waals surface area contributed by atoms with Crippen LogP contribution in [0.15, 0.2) is 48.5 Å². The Balaban J connectivity index is 1.75. The van der Waals surface area contributed by atoms with Crippen LogP contribution in [-0.4, -0.2) is 18.1 Å². The fourth-order valence-electron chi connectivity index (χ4n) is 2.43. The summed E-state index contributed by atoms with van der Waals surface area (Å²) in [7, 11) is 1.60. The van der Waals surface area contributed by atoms with Crippen LogP contribution in [-0.2, 0) is 22.6 Å². The fourth-order valence-corrected chi connectivity index (χ4v) is 2.70. The quantitative estimate of drug-likeness (QED) is 0.716. The van der Waals surface area contributed by atoms with Gasteiger partial charge in [-0.3, -0.25) is 4.79 Å². The fraction of sp³-hybridized carbons (Fsp3) is 0.167. The number of aromatic nitrogens is 1. The molecule has 1 heterocycles. The number of esters is 1. The van der Waals surface area contributed by atoms with E-state index in [1.807, 2.05) is 48.5 Å². The van der Waals surface area contributed by atoms with E-state index in [1.165, 1.54) is 0 Å². The number of carbonyl (C=O) groups is 1. The summed E-state index contributed by atoms with van der Waals surface area (Å²) in [6.07, 6.45) is 0.110. The Morgan fingerprint density at radius 3 is 2.70 bits per heavy atom. The van der Waals surface area contributed by atoms with E-state index in [-0.39, 0.29) is 19.0 Å². The number of nitrogens with one attached hydrogen (secondary N) is 1. The Kier molecular flexibility index (Phi) is 4.53. The van der Waals surface area contributed by atoms with E-state index < -0.39 is 0 Å². The van der Waals surface area contributed by atoms with Crippen LogP contribution < -0.4 is 4.74 Å². The smallest absolute Gasteiger partial charge is 0.310 e. The Labute approximate surface area is 139 Å². The summed E-state index contributed by atoms with van der Waals surface area (Å²) in [6, 6.07) is 15.1. The topological polar surface area (TPSA) is 51.3 Å². The maximum atomic E-state index is 12.1. The average molecular weight is 330 g/mol. The lowest BCUT2D eigenvalue weighted by atomic mass is 10.1. The summed E-state index contributed by atoms with van der Waals surface area (Å²) in [5.74, 6) is 0.395. The molecular weight excluding hydrogens is 314 g/mol. The number of fused-ring (bicyclic) bond motifs is 1. The summed E-state index contributed by atoms with van der Waals surface area (Å²) in [6.45, 7) is 0.253. The van der Waals surface area contributed by atoms with Gasteiger partial charge < -0.3 is 14.5 Å². The van der Waals surface area contributed by atoms with E-state index in [1.54, 1.807) is 7.11 Å². The predicted octanol–water partition coefficient (Wildman–Crippen LogP) is 4.12. The molecule has 0 saturated carbocycles. The second-order valence-electron chi connectivity index (χ2n) is 5.15. The summed E-state index contributed by atoms with van der Waals surface area (Å²) < 4.78 is 10.5. The maximum absolute atomic E-state index is 12.1. The number of carbonyl (C=O) groups excluding carboxylic acids is 1. The largest absolute Gasteiger partial charge is 0.497 e. The molecule has 0 fully saturated rings. The van der Waals surface area contributed by atoms with Crippen LogP contribution in [0.2, 0.25) is 5.15 Å². The lowest BCUT2D eigenvalue weighted by Gasteiger charge is -2.05. The molecule has 0 atom stereocenters. The van der Waals surface area contributed by atoms with Crippen molar-refractivity contribution in [3.8, 4) is 5.75 Å². The zero-order chi connectivity index (χ0) is 16.2. The van der Waals surface area contributed by atoms with E-state index in [0.717, 1.165) is 22.0 Å². The number of rotatable bonds is 5. The molecule has 0 saturated heterocycles. The molecule has 0 bridgehead atoms. The molecule has 5 heteroatoms. The number of H-pyrrole nitrogens is 1. The van der Waals surface area contributed by atoms with Crippen molar-refractivity contribution in [3.63, 3.8) is 0 Å². The molecule has 0 aliphatic carbocycles. The van der Waals surface area contributed by atoms with Gasteiger partial charge in [-0.2, -0.15) is 0 Å². The van der Waals surface area contributed by atoms with Gasteiger partial charge in [-0.25, -0.2) is 0 Å². The zero-order valence-corrected chi connectivity index (χ0v) is 13.4. The van der Waals surface area contributed by atoms with Crippen molar-refractivity contribution in [1.82, 2.24) is 4.98 Å². The van der Waals surface area contributed by atoms with Crippen LogP contribution in [0.3, 0.4) is 0 Å². The van der Waals surface area contributed by atoms with Gasteiger partial charge in [-0.15, -0.1) is 0 Å². The van der Waals surface area contributed by atoms with Crippen molar-refractivity contribution in [2.75, 3.05) is 7.11 Å². The van der Waals surface area contributed by atoms with E-state index in [0.29, 0.717) is 10.9 Å². The third-order valence-corrected chi connectivity index (χ3v) is 3.95. The summed E-state index contributed by atoms with van der Waals surface area (Å²) in [5, 5.41) is 1.32. The Hall–Kier alpha value is -2.46. The van der Waals surface area contributed by atoms with Crippen molar-refractivity contribution < 1.29 is 14.3 Å². The van der Waals surface area contributed by atoms with Gasteiger partial charge in [0.1, 0.15) is 17.5 Å². The summed E-state index contributed by atoms with van der Waals surface area (Å²) in [4.78, 5) is 15.2. The minimum atomic E-state index is -0.320. The molecule has 1 N–H and O–H groups in total. The molecule has 0 amide bonds. The van der Waals surface area contributed by atoms with Gasteiger partial charge in [-0.05, 0) is 23.8 Å². The molecule has 1 aromatic heterocycles. The molecule has 0 aliphatic rings. The van der Waals surface area contributed by atoms with Gasteiger partial charge in [0, 0.05) is 16.5 Å².